The number of rotatable bonds is 1. The summed E-state index contributed by atoms with van der Waals surface area (Å²) in [6, 6.07) is 6.23. The van der Waals surface area contributed by atoms with Gasteiger partial charge in [0.15, 0.2) is 5.65 Å². The predicted octanol–water partition coefficient (Wildman–Crippen LogP) is 3.09. The van der Waals surface area contributed by atoms with Gasteiger partial charge in [-0.2, -0.15) is 10.1 Å². The zero-order valence-electron chi connectivity index (χ0n) is 10.1. The number of hydrogen-bond donors (Lipinski definition) is 0. The van der Waals surface area contributed by atoms with Crippen molar-refractivity contribution >= 4 is 22.6 Å². The van der Waals surface area contributed by atoms with E-state index >= 15 is 0 Å². The summed E-state index contributed by atoms with van der Waals surface area (Å²) < 4.78 is 1.80. The number of benzene rings is 1. The number of nitrogens with zero attached hydrogens (tertiary/aromatic N) is 4. The van der Waals surface area contributed by atoms with Gasteiger partial charge in [0.2, 0.25) is 5.28 Å². The van der Waals surface area contributed by atoms with Crippen LogP contribution < -0.4 is 0 Å². The first kappa shape index (κ1) is 11.2. The fraction of sp³-hybridized carbons (Fsp3) is 0.154. The molecule has 90 valence electrons. The number of aromatic nitrogens is 4. The Morgan fingerprint density at radius 2 is 2.00 bits per heavy atom. The highest BCUT2D eigenvalue weighted by Gasteiger charge is 2.09. The maximum absolute atomic E-state index is 5.84. The zero-order chi connectivity index (χ0) is 12.7. The van der Waals surface area contributed by atoms with Crippen molar-refractivity contribution in [2.24, 2.45) is 0 Å². The molecule has 2 heterocycles. The van der Waals surface area contributed by atoms with Crippen molar-refractivity contribution in [3.05, 3.63) is 47.0 Å². The molecular weight excluding hydrogens is 248 g/mol. The number of aryl methyl sites for hydroxylation is 2. The third-order valence-electron chi connectivity index (χ3n) is 2.87. The Morgan fingerprint density at radius 1 is 1.17 bits per heavy atom. The highest BCUT2D eigenvalue weighted by molar-refractivity contribution is 6.28. The second-order valence-electron chi connectivity index (χ2n) is 4.26. The van der Waals surface area contributed by atoms with E-state index in [1.807, 2.05) is 6.92 Å². The Hall–Kier alpha value is -1.94. The standard InChI is InChI=1S/C13H11ClN4/c1-8-3-4-9(2)11(5-8)18-12-10(7-16-18)6-15-13(14)17-12/h3-7H,1-2H3. The molecule has 0 bridgehead atoms. The van der Waals surface area contributed by atoms with Crippen LogP contribution in [0, 0.1) is 13.8 Å². The van der Waals surface area contributed by atoms with Crippen LogP contribution in [-0.4, -0.2) is 19.7 Å². The summed E-state index contributed by atoms with van der Waals surface area (Å²) >= 11 is 5.84. The minimum Gasteiger partial charge on any atom is -0.226 e. The molecule has 2 aromatic heterocycles. The van der Waals surface area contributed by atoms with Crippen molar-refractivity contribution in [3.63, 3.8) is 0 Å². The average Bonchev–Trinajstić information content (AvgIpc) is 2.75. The van der Waals surface area contributed by atoms with Gasteiger partial charge in [0.1, 0.15) is 0 Å². The van der Waals surface area contributed by atoms with E-state index in [0.29, 0.717) is 0 Å². The normalized spacial score (nSPS) is 11.1. The molecule has 0 spiro atoms. The van der Waals surface area contributed by atoms with E-state index in [9.17, 15) is 0 Å². The highest BCUT2D eigenvalue weighted by atomic mass is 35.5. The van der Waals surface area contributed by atoms with E-state index in [4.69, 9.17) is 11.6 Å². The topological polar surface area (TPSA) is 43.6 Å². The highest BCUT2D eigenvalue weighted by Crippen LogP contribution is 2.20. The monoisotopic (exact) mass is 258 g/mol. The maximum Gasteiger partial charge on any atom is 0.224 e. The van der Waals surface area contributed by atoms with Crippen molar-refractivity contribution in [1.82, 2.24) is 19.7 Å². The Labute approximate surface area is 109 Å². The van der Waals surface area contributed by atoms with Crippen LogP contribution in [0.2, 0.25) is 5.28 Å². The average molecular weight is 259 g/mol. The second kappa shape index (κ2) is 4.07. The van der Waals surface area contributed by atoms with Crippen LogP contribution in [0.3, 0.4) is 0 Å². The lowest BCUT2D eigenvalue weighted by Gasteiger charge is -2.07. The van der Waals surface area contributed by atoms with Crippen LogP contribution in [0.15, 0.2) is 30.6 Å². The quantitative estimate of drug-likeness (QED) is 0.630. The first-order chi connectivity index (χ1) is 8.65. The van der Waals surface area contributed by atoms with Gasteiger partial charge in [-0.25, -0.2) is 9.67 Å². The smallest absolute Gasteiger partial charge is 0.224 e. The molecular formula is C13H11ClN4. The Morgan fingerprint density at radius 3 is 2.83 bits per heavy atom. The third-order valence-corrected chi connectivity index (χ3v) is 3.05. The van der Waals surface area contributed by atoms with Gasteiger partial charge < -0.3 is 0 Å². The molecule has 3 aromatic rings. The molecule has 18 heavy (non-hydrogen) atoms. The van der Waals surface area contributed by atoms with Crippen molar-refractivity contribution < 1.29 is 0 Å². The van der Waals surface area contributed by atoms with E-state index in [2.05, 4.69) is 40.2 Å². The fourth-order valence-electron chi connectivity index (χ4n) is 1.92. The molecule has 0 atom stereocenters. The molecule has 0 aliphatic carbocycles. The summed E-state index contributed by atoms with van der Waals surface area (Å²) in [5, 5.41) is 5.47. The van der Waals surface area contributed by atoms with E-state index in [0.717, 1.165) is 22.3 Å². The molecule has 3 rings (SSSR count). The summed E-state index contributed by atoms with van der Waals surface area (Å²) in [4.78, 5) is 8.19. The Balaban J connectivity index is 2.31. The van der Waals surface area contributed by atoms with E-state index in [1.54, 1.807) is 17.1 Å². The van der Waals surface area contributed by atoms with Gasteiger partial charge in [-0.1, -0.05) is 12.1 Å². The molecule has 0 fully saturated rings. The lowest BCUT2D eigenvalue weighted by molar-refractivity contribution is 0.886. The van der Waals surface area contributed by atoms with Gasteiger partial charge in [-0.05, 0) is 42.6 Å². The molecule has 0 radical (unpaired) electrons. The first-order valence-corrected chi connectivity index (χ1v) is 5.97. The molecule has 0 aliphatic heterocycles. The predicted molar refractivity (Wildman–Crippen MR) is 71.1 cm³/mol. The van der Waals surface area contributed by atoms with Crippen molar-refractivity contribution in [2.45, 2.75) is 13.8 Å². The van der Waals surface area contributed by atoms with Gasteiger partial charge >= 0.3 is 0 Å². The van der Waals surface area contributed by atoms with Gasteiger partial charge in [0.05, 0.1) is 17.3 Å². The van der Waals surface area contributed by atoms with Crippen LogP contribution >= 0.6 is 11.6 Å². The van der Waals surface area contributed by atoms with Crippen LogP contribution in [-0.2, 0) is 0 Å². The number of hydrogen-bond acceptors (Lipinski definition) is 3. The molecule has 0 aliphatic rings. The van der Waals surface area contributed by atoms with Crippen molar-refractivity contribution in [2.75, 3.05) is 0 Å². The lowest BCUT2D eigenvalue weighted by atomic mass is 10.1. The van der Waals surface area contributed by atoms with Crippen molar-refractivity contribution in [3.8, 4) is 5.69 Å². The first-order valence-electron chi connectivity index (χ1n) is 5.59. The minimum atomic E-state index is 0.231. The van der Waals surface area contributed by atoms with Gasteiger partial charge in [0, 0.05) is 6.20 Å². The summed E-state index contributed by atoms with van der Waals surface area (Å²) in [6.45, 7) is 4.10. The number of halogens is 1. The van der Waals surface area contributed by atoms with Gasteiger partial charge in [-0.3, -0.25) is 0 Å². The fourth-order valence-corrected chi connectivity index (χ4v) is 2.05. The molecule has 0 saturated heterocycles. The molecule has 0 amide bonds. The van der Waals surface area contributed by atoms with Crippen LogP contribution in [0.1, 0.15) is 11.1 Å². The minimum absolute atomic E-state index is 0.231. The van der Waals surface area contributed by atoms with E-state index in [1.165, 1.54) is 5.56 Å². The second-order valence-corrected chi connectivity index (χ2v) is 4.60. The molecule has 1 aromatic carbocycles. The summed E-state index contributed by atoms with van der Waals surface area (Å²) in [5.41, 5.74) is 4.06. The Kier molecular flexibility index (Phi) is 2.52. The molecule has 4 nitrogen and oxygen atoms in total. The van der Waals surface area contributed by atoms with Crippen LogP contribution in [0.4, 0.5) is 0 Å². The maximum atomic E-state index is 5.84. The SMILES string of the molecule is Cc1ccc(C)c(-n2ncc3cnc(Cl)nc32)c1. The largest absolute Gasteiger partial charge is 0.226 e. The van der Waals surface area contributed by atoms with Crippen molar-refractivity contribution in [1.29, 1.82) is 0 Å². The number of fused-ring (bicyclic) bond motifs is 1. The van der Waals surface area contributed by atoms with E-state index < -0.39 is 0 Å². The summed E-state index contributed by atoms with van der Waals surface area (Å²) in [5.74, 6) is 0. The molecule has 0 saturated carbocycles. The van der Waals surface area contributed by atoms with Gasteiger partial charge in [0.25, 0.3) is 0 Å². The van der Waals surface area contributed by atoms with Crippen LogP contribution in [0.25, 0.3) is 16.7 Å². The van der Waals surface area contributed by atoms with E-state index in [-0.39, 0.29) is 5.28 Å². The van der Waals surface area contributed by atoms with Gasteiger partial charge in [-0.15, -0.1) is 0 Å². The lowest BCUT2D eigenvalue weighted by Crippen LogP contribution is -2.01. The molecule has 0 N–H and O–H groups in total. The zero-order valence-corrected chi connectivity index (χ0v) is 10.8. The third kappa shape index (κ3) is 1.75. The summed E-state index contributed by atoms with van der Waals surface area (Å²) in [6.07, 6.45) is 3.42. The van der Waals surface area contributed by atoms with Crippen LogP contribution in [0.5, 0.6) is 0 Å². The molecule has 0 unspecified atom stereocenters. The summed E-state index contributed by atoms with van der Waals surface area (Å²) in [7, 11) is 0. The molecule has 5 heteroatoms. The Bertz CT molecular complexity index is 733.